The average molecular weight is 4370 g/mol. The van der Waals surface area contributed by atoms with Crippen LogP contribution in [0.2, 0.25) is 0 Å². The van der Waals surface area contributed by atoms with E-state index in [4.69, 9.17) is 18.2 Å². The molecular weight excluding hydrogens is 4250 g/mol. The first kappa shape index (κ1) is 369. The van der Waals surface area contributed by atoms with Gasteiger partial charge in [-0.15, -0.1) is 0 Å². The van der Waals surface area contributed by atoms with E-state index in [0.717, 1.165) is 0 Å². The van der Waals surface area contributed by atoms with Crippen LogP contribution in [0.3, 0.4) is 0 Å². The minimum absolute atomic E-state index is 0. The minimum atomic E-state index is 0. The standard InChI is InChI=1S/3C2H5NO.18CH4.3K.6H3P.15U.3H/c3*3-1-2-4;;;;;;;;;;;;;;;;;;;;;;;;;;;;;;;;;;;;;;;;;;;;;/h3*2H,1,3H2;18*1H4;;;;6*1H3;;;;;;;;;;;;;;;;;;/q;;;;;;;;;;;;;;;;;;;;;3*+1;;;;;;;;;;;;;;;;;;;;;;3*-1/i;;;;;;;;;;;;;;;;;;;;;;;;3*1T;;;;;;;;;;;;;;;;;;;;;. The van der Waals surface area contributed by atoms with Gasteiger partial charge in [0.1, 0.15) is 18.9 Å². The summed E-state index contributed by atoms with van der Waals surface area (Å²) >= 11 is 0. The number of nitrogens with two attached hydrogens (primary N) is 3. The van der Waals surface area contributed by atoms with Crippen LogP contribution in [0.4, 0.5) is 0 Å². The summed E-state index contributed by atoms with van der Waals surface area (Å²) in [7, 11) is 5.00. The van der Waals surface area contributed by atoms with E-state index in [1.54, 1.807) is 29.5 Å². The van der Waals surface area contributed by atoms with Crippen molar-refractivity contribution in [2.75, 3.05) is 19.6 Å². The predicted molar refractivity (Wildman–Crippen MR) is 236 cm³/mol. The molecule has 0 aliphatic heterocycles. The van der Waals surface area contributed by atoms with Gasteiger partial charge in [0.2, 0.25) is 0 Å². The molecule has 0 rings (SSSR count). The first-order valence-corrected chi connectivity index (χ1v) is 3.16. The molecule has 0 aromatic heterocycles. The Morgan fingerprint density at radius 1 is 0.278 bits per heavy atom. The van der Waals surface area contributed by atoms with Crippen LogP contribution >= 0.6 is 59.2 Å². The zero-order valence-electron chi connectivity index (χ0n) is 27.2. The second-order valence-corrected chi connectivity index (χ2v) is 1.21. The van der Waals surface area contributed by atoms with Crippen molar-refractivity contribution in [3.05, 3.63) is 0 Å². The molecule has 0 aliphatic carbocycles. The Bertz CT molecular complexity index is 202. The van der Waals surface area contributed by atoms with E-state index in [1.165, 1.54) is 0 Å². The van der Waals surface area contributed by atoms with Crippen LogP contribution in [0.5, 0.6) is 0 Å². The van der Waals surface area contributed by atoms with Crippen molar-refractivity contribution in [2.45, 2.75) is 134 Å². The third-order valence-electron chi connectivity index (χ3n) is 0.289. The van der Waals surface area contributed by atoms with Crippen LogP contribution in [0.15, 0.2) is 0 Å². The minimum Gasteiger partial charge on any atom is -1.00 e. The summed E-state index contributed by atoms with van der Waals surface area (Å²) in [5, 5.41) is 0. The molecule has 6 N–H and O–H groups in total. The summed E-state index contributed by atoms with van der Waals surface area (Å²) < 4.78 is 17.0. The Balaban J connectivity index is -0.000000000554. The monoisotopic (exact) mass is 4370 g/mol. The molecule has 6 unspecified atom stereocenters. The number of rotatable bonds is 3. The summed E-state index contributed by atoms with van der Waals surface area (Å²) in [6.07, 6.45) is 1.96. The molecule has 0 aromatic rings. The predicted octanol–water partition coefficient (Wildman–Crippen LogP) is 0.580. The molecule has 54 heavy (non-hydrogen) atoms. The van der Waals surface area contributed by atoms with Gasteiger partial charge in [-0.1, -0.05) is 134 Å². The fourth-order valence-corrected chi connectivity index (χ4v) is 0. The molecule has 0 heterocycles. The van der Waals surface area contributed by atoms with Crippen LogP contribution in [0.1, 0.15) is 138 Å². The van der Waals surface area contributed by atoms with Gasteiger partial charge in [0.25, 0.3) is 0 Å². The number of aldehydes is 3. The maximum atomic E-state index is 9.05. The molecule has 6 atom stereocenters. The fraction of sp³-hybridized carbons (Fsp3) is 0.875. The van der Waals surface area contributed by atoms with Crippen molar-refractivity contribution in [1.29, 1.82) is 3.84 Å². The zero-order chi connectivity index (χ0) is 16.2. The third-order valence-corrected chi connectivity index (χ3v) is 0.289. The van der Waals surface area contributed by atoms with E-state index in [-0.39, 0.29) is 808 Å². The largest absolute Gasteiger partial charge is 1.00 e. The molecule has 0 saturated heterocycles. The third kappa shape index (κ3) is 627. The molecular formula is C24H108K3N3O3P6U15. The molecule has 330 valence electrons. The second-order valence-electron chi connectivity index (χ2n) is 1.21. The first-order valence-electron chi connectivity index (χ1n) is 4.89. The van der Waals surface area contributed by atoms with Crippen LogP contribution in [0, 0.1) is 467 Å². The quantitative estimate of drug-likeness (QED) is 0.216. The molecule has 0 aromatic carbocycles. The van der Waals surface area contributed by atoms with Crippen molar-refractivity contribution in [3.63, 3.8) is 0 Å². The Labute approximate surface area is 866 Å². The maximum absolute atomic E-state index is 9.05. The van der Waals surface area contributed by atoms with Gasteiger partial charge in [0, 0.05) is 486 Å². The molecule has 6 nitrogen and oxygen atoms in total. The van der Waals surface area contributed by atoms with Crippen molar-refractivity contribution in [3.8, 4) is 0 Å². The Kier molecular flexibility index (Phi) is 3560. The van der Waals surface area contributed by atoms with Gasteiger partial charge < -0.3 is 35.9 Å². The first-order chi connectivity index (χ1) is 8.74. The van der Waals surface area contributed by atoms with Gasteiger partial charge >= 0.3 is 154 Å². The summed E-state index contributed by atoms with van der Waals surface area (Å²) in [4.78, 5) is 27.1. The molecule has 0 amide bonds. The van der Waals surface area contributed by atoms with Crippen LogP contribution < -0.4 is 171 Å². The molecule has 0 aliphatic rings. The number of carbonyl (C=O) groups excluding carboxylic acids is 3. The molecule has 0 fully saturated rings. The van der Waals surface area contributed by atoms with Crippen molar-refractivity contribution < 1.29 is 640 Å². The van der Waals surface area contributed by atoms with Crippen LogP contribution in [0.25, 0.3) is 0 Å². The Morgan fingerprint density at radius 2 is 0.296 bits per heavy atom. The molecule has 0 saturated carbocycles. The van der Waals surface area contributed by atoms with Gasteiger partial charge in [-0.25, -0.2) is 0 Å². The summed E-state index contributed by atoms with van der Waals surface area (Å²) in [5.41, 5.74) is 14.0. The second kappa shape index (κ2) is 521. The van der Waals surface area contributed by atoms with Gasteiger partial charge in [-0.2, -0.15) is 59.2 Å². The SMILES string of the molecule is C.C.C.C.C.C.C.C.C.C.C.C.C.C.C.C.C.C.NCC=O.NCC=O.NCC=O.P.P.P.[3H]P.[3H]P.[3H]P.[H-].[H-].[H-].[K+].[K+].[K+].[U].[U].[U].[U].[U].[U].[U].[U].[U].[U].[U].[U].[U].[U].[U]. The Morgan fingerprint density at radius 3 is 0.296 bits per heavy atom. The smallest absolute Gasteiger partial charge is 1.00 e. The average Bonchev–Trinajstić information content (AvgIpc) is 2.53. The zero-order valence-corrected chi connectivity index (χ0v) is 101. The summed E-state index contributed by atoms with van der Waals surface area (Å²) in [6.45, 7) is 0.417. The van der Waals surface area contributed by atoms with Crippen molar-refractivity contribution in [2.24, 2.45) is 17.2 Å². The maximum Gasteiger partial charge on any atom is 1.00 e. The van der Waals surface area contributed by atoms with Crippen molar-refractivity contribution >= 4 is 78.1 Å². The van der Waals surface area contributed by atoms with Crippen molar-refractivity contribution in [1.82, 2.24) is 0 Å². The molecule has 0 radical (unpaired) electrons. The van der Waals surface area contributed by atoms with Gasteiger partial charge in [0.05, 0.1) is 3.84 Å². The van der Waals surface area contributed by atoms with E-state index < -0.39 is 0 Å². The fourth-order valence-electron chi connectivity index (χ4n) is 0. The van der Waals surface area contributed by atoms with E-state index in [1.807, 2.05) is 0 Å². The van der Waals surface area contributed by atoms with E-state index >= 15 is 0 Å². The van der Waals surface area contributed by atoms with Crippen LogP contribution in [-0.4, -0.2) is 42.3 Å². The number of hydrogen-bond donors (Lipinski definition) is 3. The number of hydrogen-bond acceptors (Lipinski definition) is 6. The van der Waals surface area contributed by atoms with Crippen LogP contribution in [-0.2, 0) is 14.4 Å². The summed E-state index contributed by atoms with van der Waals surface area (Å²) in [6, 6.07) is 0. The normalized spacial score (nSPS) is 1.78. The molecule has 0 bridgehead atoms. The summed E-state index contributed by atoms with van der Waals surface area (Å²) in [5.74, 6) is 0. The molecule has 30 heteroatoms. The van der Waals surface area contributed by atoms with Gasteiger partial charge in [0.15, 0.2) is 0 Å². The Hall–Kier alpha value is 22.2. The van der Waals surface area contributed by atoms with Gasteiger partial charge in [-0.05, 0) is 0 Å². The van der Waals surface area contributed by atoms with E-state index in [0.29, 0.717) is 18.9 Å². The van der Waals surface area contributed by atoms with E-state index in [9.17, 15) is 0 Å². The number of carbonyl (C=O) groups is 3. The van der Waals surface area contributed by atoms with Gasteiger partial charge in [-0.3, -0.25) is 0 Å². The van der Waals surface area contributed by atoms with E-state index in [2.05, 4.69) is 17.2 Å². The molecule has 0 spiro atoms. The topological polar surface area (TPSA) is 129 Å².